The van der Waals surface area contributed by atoms with Gasteiger partial charge in [-0.1, -0.05) is 6.92 Å². The van der Waals surface area contributed by atoms with Gasteiger partial charge in [0, 0.05) is 5.54 Å². The minimum absolute atomic E-state index is 0.216. The Morgan fingerprint density at radius 2 is 2.36 bits per heavy atom. The highest BCUT2D eigenvalue weighted by Crippen LogP contribution is 2.11. The van der Waals surface area contributed by atoms with Crippen LogP contribution in [0.4, 0.5) is 5.69 Å². The second-order valence-electron chi connectivity index (χ2n) is 3.89. The Morgan fingerprint density at radius 3 is 2.79 bits per heavy atom. The average Bonchev–Trinajstić information content (AvgIpc) is 2.51. The normalized spacial score (nSPS) is 11.4. The minimum Gasteiger partial charge on any atom is -0.396 e. The van der Waals surface area contributed by atoms with E-state index in [4.69, 9.17) is 5.73 Å². The first-order valence-electron chi connectivity index (χ1n) is 4.57. The molecule has 0 aliphatic rings. The van der Waals surface area contributed by atoms with Crippen LogP contribution < -0.4 is 11.1 Å². The highest BCUT2D eigenvalue weighted by atomic mass is 16.2. The third-order valence-electron chi connectivity index (χ3n) is 2.23. The molecule has 4 N–H and O–H groups in total. The molecule has 0 spiro atoms. The summed E-state index contributed by atoms with van der Waals surface area (Å²) in [6.07, 6.45) is 2.28. The maximum atomic E-state index is 11.6. The first kappa shape index (κ1) is 10.6. The lowest BCUT2D eigenvalue weighted by atomic mass is 10.0. The fraction of sp³-hybridized carbons (Fsp3) is 0.556. The van der Waals surface area contributed by atoms with E-state index >= 15 is 0 Å². The molecule has 0 aliphatic carbocycles. The first-order chi connectivity index (χ1) is 6.46. The van der Waals surface area contributed by atoms with Crippen LogP contribution >= 0.6 is 0 Å². The number of rotatable bonds is 3. The lowest BCUT2D eigenvalue weighted by molar-refractivity contribution is 0.0907. The monoisotopic (exact) mass is 196 g/mol. The molecule has 78 valence electrons. The summed E-state index contributed by atoms with van der Waals surface area (Å²) < 4.78 is 0. The molecule has 1 aromatic rings. The van der Waals surface area contributed by atoms with Crippen molar-refractivity contribution in [3.05, 3.63) is 11.9 Å². The molecule has 0 aliphatic heterocycles. The number of aromatic amines is 1. The zero-order chi connectivity index (χ0) is 10.8. The molecule has 5 heteroatoms. The van der Waals surface area contributed by atoms with Gasteiger partial charge in [-0.05, 0) is 20.3 Å². The number of nitrogens with one attached hydrogen (secondary N) is 2. The van der Waals surface area contributed by atoms with Crippen LogP contribution in [0, 0.1) is 0 Å². The number of hydrogen-bond donors (Lipinski definition) is 3. The number of hydrogen-bond acceptors (Lipinski definition) is 3. The molecular formula is C9H16N4O. The maximum Gasteiger partial charge on any atom is 0.271 e. The summed E-state index contributed by atoms with van der Waals surface area (Å²) in [4.78, 5) is 11.6. The Hall–Kier alpha value is -1.52. The number of aromatic nitrogens is 2. The second kappa shape index (κ2) is 3.69. The van der Waals surface area contributed by atoms with Gasteiger partial charge in [0.25, 0.3) is 5.91 Å². The van der Waals surface area contributed by atoms with Crippen LogP contribution in [-0.4, -0.2) is 21.6 Å². The van der Waals surface area contributed by atoms with Crippen molar-refractivity contribution < 1.29 is 4.79 Å². The van der Waals surface area contributed by atoms with Gasteiger partial charge in [0.05, 0.1) is 11.9 Å². The number of H-pyrrole nitrogens is 1. The largest absolute Gasteiger partial charge is 0.396 e. The van der Waals surface area contributed by atoms with E-state index in [0.717, 1.165) is 6.42 Å². The van der Waals surface area contributed by atoms with Gasteiger partial charge in [-0.25, -0.2) is 0 Å². The molecule has 0 saturated heterocycles. The lowest BCUT2D eigenvalue weighted by Crippen LogP contribution is -2.43. The molecule has 0 unspecified atom stereocenters. The summed E-state index contributed by atoms with van der Waals surface area (Å²) in [5.74, 6) is -0.216. The van der Waals surface area contributed by atoms with E-state index in [1.54, 1.807) is 0 Å². The van der Waals surface area contributed by atoms with Gasteiger partial charge in [0.2, 0.25) is 0 Å². The van der Waals surface area contributed by atoms with Crippen molar-refractivity contribution in [2.45, 2.75) is 32.7 Å². The second-order valence-corrected chi connectivity index (χ2v) is 3.89. The van der Waals surface area contributed by atoms with Gasteiger partial charge in [0.1, 0.15) is 5.69 Å². The Kier molecular flexibility index (Phi) is 2.78. The molecule has 0 saturated carbocycles. The van der Waals surface area contributed by atoms with Crippen LogP contribution in [0.1, 0.15) is 37.7 Å². The van der Waals surface area contributed by atoms with Crippen LogP contribution in [0.15, 0.2) is 6.20 Å². The van der Waals surface area contributed by atoms with Gasteiger partial charge in [0.15, 0.2) is 0 Å². The fourth-order valence-electron chi connectivity index (χ4n) is 0.936. The summed E-state index contributed by atoms with van der Waals surface area (Å²) >= 11 is 0. The molecule has 0 bridgehead atoms. The summed E-state index contributed by atoms with van der Waals surface area (Å²) in [5.41, 5.74) is 6.01. The number of carbonyl (C=O) groups is 1. The minimum atomic E-state index is -0.228. The van der Waals surface area contributed by atoms with E-state index in [0.29, 0.717) is 11.4 Å². The highest BCUT2D eigenvalue weighted by molar-refractivity contribution is 5.97. The van der Waals surface area contributed by atoms with Crippen LogP contribution in [0.2, 0.25) is 0 Å². The van der Waals surface area contributed by atoms with Crippen molar-refractivity contribution in [1.82, 2.24) is 15.5 Å². The molecule has 1 rings (SSSR count). The molecular weight excluding hydrogens is 180 g/mol. The Bertz CT molecular complexity index is 329. The van der Waals surface area contributed by atoms with E-state index in [1.165, 1.54) is 6.20 Å². The van der Waals surface area contributed by atoms with Gasteiger partial charge < -0.3 is 11.1 Å². The standard InChI is InChI=1S/C9H16N4O/c1-4-9(2,3)12-8(14)7-6(10)5-11-13-7/h5H,4,10H2,1-3H3,(H,11,13)(H,12,14). The van der Waals surface area contributed by atoms with Crippen molar-refractivity contribution in [2.75, 3.05) is 5.73 Å². The average molecular weight is 196 g/mol. The summed E-state index contributed by atoms with van der Waals surface area (Å²) in [5, 5.41) is 9.11. The first-order valence-corrected chi connectivity index (χ1v) is 4.57. The molecule has 0 atom stereocenters. The van der Waals surface area contributed by atoms with Crippen molar-refractivity contribution in [3.8, 4) is 0 Å². The topological polar surface area (TPSA) is 83.8 Å². The predicted octanol–water partition coefficient (Wildman–Crippen LogP) is 0.910. The van der Waals surface area contributed by atoms with Crippen molar-refractivity contribution >= 4 is 11.6 Å². The van der Waals surface area contributed by atoms with Gasteiger partial charge in [-0.15, -0.1) is 0 Å². The van der Waals surface area contributed by atoms with Crippen molar-refractivity contribution in [1.29, 1.82) is 0 Å². The van der Waals surface area contributed by atoms with Crippen molar-refractivity contribution in [2.24, 2.45) is 0 Å². The lowest BCUT2D eigenvalue weighted by Gasteiger charge is -2.24. The van der Waals surface area contributed by atoms with Crippen LogP contribution in [0.3, 0.4) is 0 Å². The number of nitrogens with zero attached hydrogens (tertiary/aromatic N) is 1. The smallest absolute Gasteiger partial charge is 0.271 e. The number of carbonyl (C=O) groups excluding carboxylic acids is 1. The third kappa shape index (κ3) is 2.25. The van der Waals surface area contributed by atoms with Crippen molar-refractivity contribution in [3.63, 3.8) is 0 Å². The van der Waals surface area contributed by atoms with Gasteiger partial charge >= 0.3 is 0 Å². The zero-order valence-electron chi connectivity index (χ0n) is 8.72. The van der Waals surface area contributed by atoms with Gasteiger partial charge in [-0.3, -0.25) is 9.89 Å². The molecule has 5 nitrogen and oxygen atoms in total. The fourth-order valence-corrected chi connectivity index (χ4v) is 0.936. The zero-order valence-corrected chi connectivity index (χ0v) is 8.72. The number of anilines is 1. The number of nitrogens with two attached hydrogens (primary N) is 1. The highest BCUT2D eigenvalue weighted by Gasteiger charge is 2.20. The number of nitrogen functional groups attached to an aromatic ring is 1. The molecule has 14 heavy (non-hydrogen) atoms. The maximum absolute atomic E-state index is 11.6. The predicted molar refractivity (Wildman–Crippen MR) is 54.8 cm³/mol. The van der Waals surface area contributed by atoms with Crippen LogP contribution in [0.5, 0.6) is 0 Å². The third-order valence-corrected chi connectivity index (χ3v) is 2.23. The Balaban J connectivity index is 2.73. The molecule has 0 aromatic carbocycles. The quantitative estimate of drug-likeness (QED) is 0.671. The van der Waals surface area contributed by atoms with Crippen LogP contribution in [0.25, 0.3) is 0 Å². The number of amides is 1. The van der Waals surface area contributed by atoms with E-state index in [9.17, 15) is 4.79 Å². The van der Waals surface area contributed by atoms with Gasteiger partial charge in [-0.2, -0.15) is 5.10 Å². The summed E-state index contributed by atoms with van der Waals surface area (Å²) in [6.45, 7) is 5.92. The van der Waals surface area contributed by atoms with Crippen LogP contribution in [-0.2, 0) is 0 Å². The van der Waals surface area contributed by atoms with E-state index in [1.807, 2.05) is 20.8 Å². The summed E-state index contributed by atoms with van der Waals surface area (Å²) in [7, 11) is 0. The van der Waals surface area contributed by atoms with E-state index in [-0.39, 0.29) is 11.4 Å². The molecule has 1 heterocycles. The molecule has 0 radical (unpaired) electrons. The Labute approximate surface area is 83.1 Å². The molecule has 1 amide bonds. The van der Waals surface area contributed by atoms with E-state index in [2.05, 4.69) is 15.5 Å². The molecule has 0 fully saturated rings. The summed E-state index contributed by atoms with van der Waals surface area (Å²) in [6, 6.07) is 0. The SMILES string of the molecule is CCC(C)(C)NC(=O)c1[nH]ncc1N. The Morgan fingerprint density at radius 1 is 1.71 bits per heavy atom. The van der Waals surface area contributed by atoms with E-state index < -0.39 is 0 Å². The molecule has 1 aromatic heterocycles.